The van der Waals surface area contributed by atoms with Crippen LogP contribution >= 0.6 is 0 Å². The van der Waals surface area contributed by atoms with Crippen LogP contribution in [0.2, 0.25) is 0 Å². The third-order valence-corrected chi connectivity index (χ3v) is 7.33. The Morgan fingerprint density at radius 1 is 1.00 bits per heavy atom. The molecule has 1 atom stereocenters. The summed E-state index contributed by atoms with van der Waals surface area (Å²) in [7, 11) is 3.79. The molecule has 0 saturated carbocycles. The molecule has 186 valence electrons. The zero-order chi connectivity index (χ0) is 24.9. The van der Waals surface area contributed by atoms with Crippen LogP contribution in [0.4, 0.5) is 0 Å². The summed E-state index contributed by atoms with van der Waals surface area (Å²) in [5, 5.41) is 4.36. The van der Waals surface area contributed by atoms with E-state index in [1.807, 2.05) is 55.7 Å². The minimum atomic E-state index is -0.00727. The van der Waals surface area contributed by atoms with Gasteiger partial charge in [-0.1, -0.05) is 36.4 Å². The highest BCUT2D eigenvalue weighted by Gasteiger charge is 2.32. The monoisotopic (exact) mass is 482 g/mol. The summed E-state index contributed by atoms with van der Waals surface area (Å²) in [4.78, 5) is 22.3. The number of aromatic nitrogens is 4. The fourth-order valence-electron chi connectivity index (χ4n) is 5.33. The van der Waals surface area contributed by atoms with E-state index in [4.69, 9.17) is 0 Å². The molecule has 0 N–H and O–H groups in total. The van der Waals surface area contributed by atoms with Crippen LogP contribution in [0.25, 0.3) is 5.82 Å². The van der Waals surface area contributed by atoms with Crippen molar-refractivity contribution in [2.45, 2.75) is 31.8 Å². The molecule has 0 spiro atoms. The van der Waals surface area contributed by atoms with Crippen LogP contribution in [-0.4, -0.2) is 61.2 Å². The van der Waals surface area contributed by atoms with Crippen molar-refractivity contribution >= 4 is 5.91 Å². The Bertz CT molecular complexity index is 1260. The van der Waals surface area contributed by atoms with Crippen LogP contribution in [0.1, 0.15) is 34.6 Å². The van der Waals surface area contributed by atoms with Crippen molar-refractivity contribution < 1.29 is 4.79 Å². The van der Waals surface area contributed by atoms with Gasteiger partial charge in [-0.05, 0) is 74.2 Å². The summed E-state index contributed by atoms with van der Waals surface area (Å²) < 4.78 is 3.86. The second-order valence-electron chi connectivity index (χ2n) is 9.72. The third-order valence-electron chi connectivity index (χ3n) is 7.33. The number of carbonyl (C=O) groups excluding carboxylic acids is 1. The Morgan fingerprint density at radius 2 is 1.78 bits per heavy atom. The van der Waals surface area contributed by atoms with Crippen LogP contribution in [0.5, 0.6) is 0 Å². The van der Waals surface area contributed by atoms with Crippen molar-refractivity contribution in [3.05, 3.63) is 102 Å². The van der Waals surface area contributed by atoms with Gasteiger partial charge in [-0.15, -0.1) is 0 Å². The molecule has 1 saturated heterocycles. The van der Waals surface area contributed by atoms with Crippen LogP contribution in [0.3, 0.4) is 0 Å². The van der Waals surface area contributed by atoms with E-state index >= 15 is 0 Å². The fraction of sp³-hybridized carbons (Fsp3) is 0.345. The number of benzene rings is 1. The normalized spacial score (nSPS) is 15.6. The van der Waals surface area contributed by atoms with Crippen LogP contribution in [0.15, 0.2) is 85.3 Å². The lowest BCUT2D eigenvalue weighted by atomic mass is 9.84. The quantitative estimate of drug-likeness (QED) is 0.378. The number of likely N-dealkylation sites (tertiary alicyclic amines) is 1. The summed E-state index contributed by atoms with van der Waals surface area (Å²) in [6.45, 7) is 2.91. The number of hydrogen-bond donors (Lipinski definition) is 0. The van der Waals surface area contributed by atoms with Gasteiger partial charge in [0.25, 0.3) is 5.91 Å². The van der Waals surface area contributed by atoms with Gasteiger partial charge in [-0.25, -0.2) is 4.98 Å². The van der Waals surface area contributed by atoms with Crippen LogP contribution in [0, 0.1) is 5.92 Å². The molecule has 1 fully saturated rings. The average Bonchev–Trinajstić information content (AvgIpc) is 3.57. The lowest BCUT2D eigenvalue weighted by Gasteiger charge is -2.40. The van der Waals surface area contributed by atoms with Gasteiger partial charge in [0.1, 0.15) is 11.5 Å². The highest BCUT2D eigenvalue weighted by molar-refractivity contribution is 5.92. The summed E-state index contributed by atoms with van der Waals surface area (Å²) >= 11 is 0. The number of nitrogens with zero attached hydrogens (tertiary/aromatic N) is 6. The van der Waals surface area contributed by atoms with Crippen LogP contribution in [-0.2, 0) is 20.0 Å². The molecule has 3 aromatic heterocycles. The van der Waals surface area contributed by atoms with Gasteiger partial charge in [0.2, 0.25) is 0 Å². The Balaban J connectivity index is 1.28. The van der Waals surface area contributed by atoms with E-state index in [1.165, 1.54) is 11.3 Å². The van der Waals surface area contributed by atoms with Gasteiger partial charge in [0, 0.05) is 51.0 Å². The Hall–Kier alpha value is -3.71. The highest BCUT2D eigenvalue weighted by atomic mass is 16.2. The SMILES string of the molecule is CN(C(=O)c1ccn(C)n1)[C@H](Cc1ccccc1)C1CCN(Cc2cccn2-c2ccccn2)CC1. The predicted molar refractivity (Wildman–Crippen MR) is 141 cm³/mol. The molecule has 1 aromatic carbocycles. The van der Waals surface area contributed by atoms with Crippen molar-refractivity contribution in [2.75, 3.05) is 20.1 Å². The van der Waals surface area contributed by atoms with E-state index in [0.717, 1.165) is 44.7 Å². The number of pyridine rings is 1. The second kappa shape index (κ2) is 10.9. The molecule has 1 amide bonds. The van der Waals surface area contributed by atoms with E-state index < -0.39 is 0 Å². The average molecular weight is 483 g/mol. The molecule has 0 unspecified atom stereocenters. The topological polar surface area (TPSA) is 59.2 Å². The first-order valence-corrected chi connectivity index (χ1v) is 12.7. The van der Waals surface area contributed by atoms with Crippen molar-refractivity contribution in [2.24, 2.45) is 13.0 Å². The maximum atomic E-state index is 13.3. The number of aryl methyl sites for hydroxylation is 1. The maximum Gasteiger partial charge on any atom is 0.274 e. The molecule has 4 heterocycles. The molecule has 7 heteroatoms. The molecule has 5 rings (SSSR count). The molecule has 0 bridgehead atoms. The molecule has 4 aromatic rings. The molecule has 1 aliphatic rings. The number of piperidine rings is 1. The summed E-state index contributed by atoms with van der Waals surface area (Å²) in [5.41, 5.74) is 3.01. The molecule has 1 aliphatic heterocycles. The van der Waals surface area contributed by atoms with Gasteiger partial charge in [0.05, 0.1) is 0 Å². The van der Waals surface area contributed by atoms with Gasteiger partial charge in [-0.2, -0.15) is 5.10 Å². The third kappa shape index (κ3) is 5.41. The largest absolute Gasteiger partial charge is 0.337 e. The molecule has 36 heavy (non-hydrogen) atoms. The predicted octanol–water partition coefficient (Wildman–Crippen LogP) is 4.20. The Kier molecular flexibility index (Phi) is 7.28. The summed E-state index contributed by atoms with van der Waals surface area (Å²) in [5.74, 6) is 1.37. The van der Waals surface area contributed by atoms with E-state index in [2.05, 4.69) is 62.1 Å². The van der Waals surface area contributed by atoms with Crippen molar-refractivity contribution in [3.63, 3.8) is 0 Å². The molecular formula is C29H34N6O. The number of likely N-dealkylation sites (N-methyl/N-ethyl adjacent to an activating group) is 1. The number of hydrogen-bond acceptors (Lipinski definition) is 4. The van der Waals surface area contributed by atoms with Crippen molar-refractivity contribution in [3.8, 4) is 5.82 Å². The molecule has 7 nitrogen and oxygen atoms in total. The molecule has 0 radical (unpaired) electrons. The zero-order valence-corrected chi connectivity index (χ0v) is 21.1. The van der Waals surface area contributed by atoms with Gasteiger partial charge in [-0.3, -0.25) is 14.4 Å². The first-order valence-electron chi connectivity index (χ1n) is 12.7. The van der Waals surface area contributed by atoms with Crippen LogP contribution < -0.4 is 0 Å². The van der Waals surface area contributed by atoms with Crippen molar-refractivity contribution in [1.29, 1.82) is 0 Å². The molecule has 0 aliphatic carbocycles. The zero-order valence-electron chi connectivity index (χ0n) is 21.1. The minimum Gasteiger partial charge on any atom is -0.337 e. The Morgan fingerprint density at radius 3 is 2.47 bits per heavy atom. The standard InChI is InChI=1S/C29H34N6O/c1-32-18-15-26(31-32)29(36)33(2)27(21-23-9-4-3-5-10-23)24-13-19-34(20-14-24)22-25-11-8-17-35(25)28-12-6-7-16-30-28/h3-12,15-18,24,27H,13-14,19-22H2,1-2H3/t27-/m1/s1. The van der Waals surface area contributed by atoms with E-state index in [9.17, 15) is 4.79 Å². The van der Waals surface area contributed by atoms with Crippen molar-refractivity contribution in [1.82, 2.24) is 29.1 Å². The van der Waals surface area contributed by atoms with E-state index in [-0.39, 0.29) is 11.9 Å². The first kappa shape index (κ1) is 24.0. The smallest absolute Gasteiger partial charge is 0.274 e. The maximum absolute atomic E-state index is 13.3. The van der Waals surface area contributed by atoms with Gasteiger partial charge >= 0.3 is 0 Å². The first-order chi connectivity index (χ1) is 17.6. The van der Waals surface area contributed by atoms with E-state index in [0.29, 0.717) is 11.6 Å². The lowest BCUT2D eigenvalue weighted by Crippen LogP contribution is -2.47. The Labute approximate surface area is 213 Å². The number of rotatable bonds is 8. The van der Waals surface area contributed by atoms with E-state index in [1.54, 1.807) is 10.7 Å². The lowest BCUT2D eigenvalue weighted by molar-refractivity contribution is 0.0577. The van der Waals surface area contributed by atoms with Gasteiger partial charge in [0.15, 0.2) is 0 Å². The summed E-state index contributed by atoms with van der Waals surface area (Å²) in [6, 6.07) is 22.7. The fourth-order valence-corrected chi connectivity index (χ4v) is 5.33. The second-order valence-corrected chi connectivity index (χ2v) is 9.72. The number of amides is 1. The summed E-state index contributed by atoms with van der Waals surface area (Å²) in [6.07, 6.45) is 8.71. The highest BCUT2D eigenvalue weighted by Crippen LogP contribution is 2.28. The van der Waals surface area contributed by atoms with Gasteiger partial charge < -0.3 is 9.47 Å². The minimum absolute atomic E-state index is 0.00727. The molecular weight excluding hydrogens is 448 g/mol. The number of carbonyl (C=O) groups is 1.